The number of aryl methyl sites for hydroxylation is 6. The molecule has 1 amide bonds. The first-order valence-electron chi connectivity index (χ1n) is 11.3. The molecule has 1 fully saturated rings. The van der Waals surface area contributed by atoms with Crippen LogP contribution in [0.3, 0.4) is 0 Å². The molecular formula is C26H32N4O2. The van der Waals surface area contributed by atoms with Gasteiger partial charge in [-0.15, -0.1) is 0 Å². The van der Waals surface area contributed by atoms with E-state index in [1.165, 1.54) is 16.8 Å². The molecule has 0 N–H and O–H groups in total. The van der Waals surface area contributed by atoms with E-state index in [0.29, 0.717) is 31.7 Å². The molecule has 1 aliphatic rings. The lowest BCUT2D eigenvalue weighted by molar-refractivity contribution is -0.131. The summed E-state index contributed by atoms with van der Waals surface area (Å²) in [6, 6.07) is 10.5. The maximum absolute atomic E-state index is 13.0. The van der Waals surface area contributed by atoms with Gasteiger partial charge in [0.15, 0.2) is 0 Å². The van der Waals surface area contributed by atoms with Crippen LogP contribution in [0.15, 0.2) is 35.1 Å². The molecule has 6 heteroatoms. The van der Waals surface area contributed by atoms with Crippen LogP contribution < -0.4 is 10.5 Å². The van der Waals surface area contributed by atoms with Gasteiger partial charge < -0.3 is 14.4 Å². The Bertz CT molecular complexity index is 1240. The number of hydrogen-bond donors (Lipinski definition) is 0. The molecule has 168 valence electrons. The molecule has 0 atom stereocenters. The fourth-order valence-electron chi connectivity index (χ4n) is 4.47. The Morgan fingerprint density at radius 1 is 0.906 bits per heavy atom. The second-order valence-corrected chi connectivity index (χ2v) is 8.99. The van der Waals surface area contributed by atoms with Crippen molar-refractivity contribution in [2.75, 3.05) is 31.1 Å². The first-order chi connectivity index (χ1) is 15.2. The third-order valence-electron chi connectivity index (χ3n) is 6.61. The molecule has 0 bridgehead atoms. The quantitative estimate of drug-likeness (QED) is 0.631. The minimum Gasteiger partial charge on any atom is -0.368 e. The third kappa shape index (κ3) is 4.27. The summed E-state index contributed by atoms with van der Waals surface area (Å²) >= 11 is 0. The van der Waals surface area contributed by atoms with E-state index in [-0.39, 0.29) is 11.5 Å². The molecule has 1 saturated heterocycles. The van der Waals surface area contributed by atoms with Gasteiger partial charge in [-0.25, -0.2) is 4.98 Å². The summed E-state index contributed by atoms with van der Waals surface area (Å²) in [6.45, 7) is 13.5. The second kappa shape index (κ2) is 8.77. The number of hydrogen-bond acceptors (Lipinski definition) is 4. The van der Waals surface area contributed by atoms with Crippen molar-refractivity contribution in [3.63, 3.8) is 0 Å². The number of amides is 1. The number of piperazine rings is 1. The summed E-state index contributed by atoms with van der Waals surface area (Å²) in [5, 5.41) is 0. The second-order valence-electron chi connectivity index (χ2n) is 8.99. The fourth-order valence-corrected chi connectivity index (χ4v) is 4.47. The average molecular weight is 433 g/mol. The molecule has 0 aliphatic carbocycles. The number of nitrogens with zero attached hydrogens (tertiary/aromatic N) is 4. The number of aromatic nitrogens is 2. The highest BCUT2D eigenvalue weighted by molar-refractivity contribution is 5.79. The van der Waals surface area contributed by atoms with Crippen LogP contribution in [0.5, 0.6) is 0 Å². The van der Waals surface area contributed by atoms with E-state index < -0.39 is 0 Å². The van der Waals surface area contributed by atoms with Crippen LogP contribution in [0.2, 0.25) is 0 Å². The summed E-state index contributed by atoms with van der Waals surface area (Å²) in [5.41, 5.74) is 7.99. The number of fused-ring (bicyclic) bond motifs is 1. The van der Waals surface area contributed by atoms with Crippen molar-refractivity contribution in [1.29, 1.82) is 0 Å². The highest BCUT2D eigenvalue weighted by Crippen LogP contribution is 2.23. The van der Waals surface area contributed by atoms with E-state index in [1.54, 1.807) is 11.5 Å². The normalized spacial score (nSPS) is 14.3. The van der Waals surface area contributed by atoms with Crippen molar-refractivity contribution in [3.8, 4) is 0 Å². The van der Waals surface area contributed by atoms with Crippen molar-refractivity contribution in [1.82, 2.24) is 14.5 Å². The molecule has 0 unspecified atom stereocenters. The number of anilines is 1. The Kier molecular flexibility index (Phi) is 6.04. The molecule has 3 aromatic rings. The zero-order valence-corrected chi connectivity index (χ0v) is 19.7. The van der Waals surface area contributed by atoms with Gasteiger partial charge in [-0.05, 0) is 75.1 Å². The van der Waals surface area contributed by atoms with Gasteiger partial charge in [-0.1, -0.05) is 12.1 Å². The summed E-state index contributed by atoms with van der Waals surface area (Å²) < 4.78 is 1.72. The van der Waals surface area contributed by atoms with Crippen molar-refractivity contribution in [3.05, 3.63) is 68.6 Å². The van der Waals surface area contributed by atoms with Gasteiger partial charge in [0.1, 0.15) is 5.69 Å². The molecular weight excluding hydrogens is 400 g/mol. The van der Waals surface area contributed by atoms with Gasteiger partial charge in [0, 0.05) is 44.8 Å². The van der Waals surface area contributed by atoms with Crippen LogP contribution in [0.25, 0.3) is 11.0 Å². The van der Waals surface area contributed by atoms with Gasteiger partial charge in [0.2, 0.25) is 5.91 Å². The number of rotatable bonds is 4. The topological polar surface area (TPSA) is 58.4 Å². The molecule has 4 rings (SSSR count). The van der Waals surface area contributed by atoms with E-state index in [4.69, 9.17) is 0 Å². The summed E-state index contributed by atoms with van der Waals surface area (Å²) in [6.07, 6.45) is 0.314. The Morgan fingerprint density at radius 3 is 2.31 bits per heavy atom. The summed E-state index contributed by atoms with van der Waals surface area (Å²) in [5.74, 6) is 0.101. The molecule has 2 heterocycles. The van der Waals surface area contributed by atoms with Gasteiger partial charge in [-0.3, -0.25) is 9.59 Å². The highest BCUT2D eigenvalue weighted by atomic mass is 16.2. The van der Waals surface area contributed by atoms with Crippen LogP contribution in [0.4, 0.5) is 5.69 Å². The molecule has 0 spiro atoms. The zero-order chi connectivity index (χ0) is 23.0. The molecule has 0 saturated carbocycles. The third-order valence-corrected chi connectivity index (χ3v) is 6.61. The maximum atomic E-state index is 13.0. The number of carbonyl (C=O) groups excluding carboxylic acids is 1. The number of benzene rings is 2. The number of carbonyl (C=O) groups is 1. The van der Waals surface area contributed by atoms with E-state index in [0.717, 1.165) is 35.2 Å². The lowest BCUT2D eigenvalue weighted by atomic mass is 10.1. The predicted octanol–water partition coefficient (Wildman–Crippen LogP) is 3.68. The van der Waals surface area contributed by atoms with E-state index in [1.807, 2.05) is 30.9 Å². The predicted molar refractivity (Wildman–Crippen MR) is 130 cm³/mol. The van der Waals surface area contributed by atoms with Crippen molar-refractivity contribution >= 4 is 22.6 Å². The van der Waals surface area contributed by atoms with Crippen molar-refractivity contribution < 1.29 is 4.79 Å². The SMILES string of the molecule is Cc1ccc(C)c(N2CCN(C(=O)CCn3c(=O)c(C)nc4cc(C)c(C)cc43)CC2)c1. The average Bonchev–Trinajstić information content (AvgIpc) is 2.77. The largest absolute Gasteiger partial charge is 0.368 e. The maximum Gasteiger partial charge on any atom is 0.272 e. The van der Waals surface area contributed by atoms with E-state index >= 15 is 0 Å². The molecule has 1 aliphatic heterocycles. The Hall–Kier alpha value is -3.15. The minimum atomic E-state index is -0.117. The van der Waals surface area contributed by atoms with Crippen molar-refractivity contribution in [2.24, 2.45) is 0 Å². The highest BCUT2D eigenvalue weighted by Gasteiger charge is 2.22. The van der Waals surface area contributed by atoms with E-state index in [2.05, 4.69) is 41.9 Å². The lowest BCUT2D eigenvalue weighted by Gasteiger charge is -2.37. The monoisotopic (exact) mass is 432 g/mol. The molecule has 2 aromatic carbocycles. The minimum absolute atomic E-state index is 0.101. The molecule has 0 radical (unpaired) electrons. The summed E-state index contributed by atoms with van der Waals surface area (Å²) in [4.78, 5) is 34.5. The summed E-state index contributed by atoms with van der Waals surface area (Å²) in [7, 11) is 0. The van der Waals surface area contributed by atoms with Gasteiger partial charge in [-0.2, -0.15) is 0 Å². The van der Waals surface area contributed by atoms with Crippen molar-refractivity contribution in [2.45, 2.75) is 47.6 Å². The van der Waals surface area contributed by atoms with Crippen LogP contribution in [0, 0.1) is 34.6 Å². The lowest BCUT2D eigenvalue weighted by Crippen LogP contribution is -2.49. The first kappa shape index (κ1) is 22.1. The van der Waals surface area contributed by atoms with Gasteiger partial charge in [0.05, 0.1) is 11.0 Å². The Balaban J connectivity index is 1.45. The van der Waals surface area contributed by atoms with E-state index in [9.17, 15) is 9.59 Å². The fraction of sp³-hybridized carbons (Fsp3) is 0.423. The van der Waals surface area contributed by atoms with Crippen LogP contribution in [-0.2, 0) is 11.3 Å². The first-order valence-corrected chi connectivity index (χ1v) is 11.3. The van der Waals surface area contributed by atoms with Gasteiger partial charge >= 0.3 is 0 Å². The molecule has 1 aromatic heterocycles. The standard InChI is InChI=1S/C26H32N4O2/c1-17-6-7-18(2)23(14-17)28-10-12-29(13-11-28)25(31)8-9-30-24-16-20(4)19(3)15-22(24)27-21(5)26(30)32/h6-7,14-16H,8-13H2,1-5H3. The zero-order valence-electron chi connectivity index (χ0n) is 19.7. The smallest absolute Gasteiger partial charge is 0.272 e. The van der Waals surface area contributed by atoms with Crippen LogP contribution in [-0.4, -0.2) is 46.5 Å². The Morgan fingerprint density at radius 2 is 1.59 bits per heavy atom. The van der Waals surface area contributed by atoms with Gasteiger partial charge in [0.25, 0.3) is 5.56 Å². The molecule has 32 heavy (non-hydrogen) atoms. The van der Waals surface area contributed by atoms with Crippen LogP contribution >= 0.6 is 0 Å². The molecule has 6 nitrogen and oxygen atoms in total. The van der Waals surface area contributed by atoms with Crippen LogP contribution in [0.1, 0.15) is 34.4 Å². The Labute approximate surface area is 189 Å².